The summed E-state index contributed by atoms with van der Waals surface area (Å²) in [5.41, 5.74) is 1.18. The molecule has 0 spiro atoms. The molecule has 10 heavy (non-hydrogen) atoms. The van der Waals surface area contributed by atoms with Crippen molar-refractivity contribution in [2.45, 2.75) is 25.5 Å². The summed E-state index contributed by atoms with van der Waals surface area (Å²) in [6.45, 7) is 7.94. The predicted molar refractivity (Wildman–Crippen MR) is 45.6 cm³/mol. The lowest BCUT2D eigenvalue weighted by molar-refractivity contribution is 0.160. The summed E-state index contributed by atoms with van der Waals surface area (Å²) in [5, 5.41) is 0. The minimum absolute atomic E-state index is 0.239. The Hall–Kier alpha value is -0.0200. The summed E-state index contributed by atoms with van der Waals surface area (Å²) in [4.78, 5) is 0. The Bertz CT molecular complexity index is 142. The first-order valence-electron chi connectivity index (χ1n) is 3.39. The third-order valence-corrected chi connectivity index (χ3v) is 1.88. The lowest BCUT2D eigenvalue weighted by Gasteiger charge is -2.18. The maximum Gasteiger partial charge on any atom is 0.0884 e. The fraction of sp³-hybridized carbons (Fsp3) is 0.857. The van der Waals surface area contributed by atoms with Gasteiger partial charge in [0.15, 0.2) is 0 Å². The standard InChI is InChI=1S/C7H13NOS/c1-7(2,3)10-8-6-4-9-5-6/h4-5H2,1-3H3. The lowest BCUT2D eigenvalue weighted by atomic mass is 10.3. The van der Waals surface area contributed by atoms with E-state index in [0.29, 0.717) is 0 Å². The third-order valence-electron chi connectivity index (χ3n) is 0.986. The van der Waals surface area contributed by atoms with E-state index in [2.05, 4.69) is 25.2 Å². The first-order chi connectivity index (χ1) is 4.58. The molecule has 0 amide bonds. The van der Waals surface area contributed by atoms with E-state index in [-0.39, 0.29) is 4.75 Å². The van der Waals surface area contributed by atoms with E-state index < -0.39 is 0 Å². The smallest absolute Gasteiger partial charge is 0.0884 e. The SMILES string of the molecule is CC(C)(C)SN=C1COC1. The molecule has 1 heterocycles. The molecular formula is C7H13NOS. The molecule has 0 aromatic carbocycles. The normalized spacial score (nSPS) is 18.5. The van der Waals surface area contributed by atoms with E-state index in [1.54, 1.807) is 11.9 Å². The van der Waals surface area contributed by atoms with E-state index >= 15 is 0 Å². The Balaban J connectivity index is 2.26. The molecule has 0 aliphatic carbocycles. The Morgan fingerprint density at radius 2 is 2.00 bits per heavy atom. The van der Waals surface area contributed by atoms with Crippen LogP contribution in [-0.4, -0.2) is 23.7 Å². The number of hydrogen-bond acceptors (Lipinski definition) is 3. The molecule has 0 bridgehead atoms. The molecule has 0 atom stereocenters. The number of nitrogens with zero attached hydrogens (tertiary/aromatic N) is 1. The Morgan fingerprint density at radius 1 is 1.40 bits per heavy atom. The lowest BCUT2D eigenvalue weighted by Crippen LogP contribution is -2.27. The van der Waals surface area contributed by atoms with Crippen molar-refractivity contribution in [3.05, 3.63) is 0 Å². The molecule has 1 aliphatic rings. The highest BCUT2D eigenvalue weighted by atomic mass is 32.2. The van der Waals surface area contributed by atoms with E-state index in [9.17, 15) is 0 Å². The quantitative estimate of drug-likeness (QED) is 0.545. The van der Waals surface area contributed by atoms with Gasteiger partial charge in [0.25, 0.3) is 0 Å². The van der Waals surface area contributed by atoms with Crippen molar-refractivity contribution in [1.82, 2.24) is 0 Å². The Labute approximate surface area is 66.2 Å². The minimum Gasteiger partial charge on any atom is -0.369 e. The highest BCUT2D eigenvalue weighted by Crippen LogP contribution is 2.24. The van der Waals surface area contributed by atoms with Crippen molar-refractivity contribution < 1.29 is 4.74 Å². The van der Waals surface area contributed by atoms with Gasteiger partial charge in [-0.15, -0.1) is 0 Å². The summed E-state index contributed by atoms with van der Waals surface area (Å²) in [6.07, 6.45) is 0. The van der Waals surface area contributed by atoms with Crippen LogP contribution in [0, 0.1) is 0 Å². The first-order valence-corrected chi connectivity index (χ1v) is 4.17. The van der Waals surface area contributed by atoms with Crippen molar-refractivity contribution in [1.29, 1.82) is 0 Å². The van der Waals surface area contributed by atoms with Crippen molar-refractivity contribution in [2.24, 2.45) is 4.40 Å². The van der Waals surface area contributed by atoms with E-state index in [1.807, 2.05) is 0 Å². The molecular weight excluding hydrogens is 146 g/mol. The molecule has 0 unspecified atom stereocenters. The van der Waals surface area contributed by atoms with Gasteiger partial charge in [-0.25, -0.2) is 4.40 Å². The summed E-state index contributed by atoms with van der Waals surface area (Å²) >= 11 is 1.63. The molecule has 0 radical (unpaired) electrons. The summed E-state index contributed by atoms with van der Waals surface area (Å²) in [5.74, 6) is 0. The van der Waals surface area contributed by atoms with Crippen LogP contribution in [-0.2, 0) is 4.74 Å². The fourth-order valence-corrected chi connectivity index (χ4v) is 0.956. The molecule has 1 rings (SSSR count). The Kier molecular flexibility index (Phi) is 2.36. The zero-order valence-electron chi connectivity index (χ0n) is 6.68. The van der Waals surface area contributed by atoms with Crippen molar-refractivity contribution in [2.75, 3.05) is 13.2 Å². The average Bonchev–Trinajstić information content (AvgIpc) is 1.56. The largest absolute Gasteiger partial charge is 0.369 e. The summed E-state index contributed by atoms with van der Waals surface area (Å²) < 4.78 is 9.50. The molecule has 58 valence electrons. The first kappa shape index (κ1) is 8.08. The number of rotatable bonds is 1. The molecule has 2 nitrogen and oxygen atoms in total. The fourth-order valence-electron chi connectivity index (χ4n) is 0.448. The van der Waals surface area contributed by atoms with Crippen LogP contribution in [0.4, 0.5) is 0 Å². The van der Waals surface area contributed by atoms with E-state index in [4.69, 9.17) is 4.74 Å². The summed E-state index contributed by atoms with van der Waals surface area (Å²) in [7, 11) is 0. The highest BCUT2D eigenvalue weighted by molar-refractivity contribution is 7.99. The van der Waals surface area contributed by atoms with E-state index in [0.717, 1.165) is 13.2 Å². The van der Waals surface area contributed by atoms with Gasteiger partial charge in [-0.3, -0.25) is 0 Å². The minimum atomic E-state index is 0.239. The average molecular weight is 159 g/mol. The van der Waals surface area contributed by atoms with E-state index in [1.165, 1.54) is 5.71 Å². The Morgan fingerprint density at radius 3 is 2.30 bits per heavy atom. The van der Waals surface area contributed by atoms with Crippen LogP contribution < -0.4 is 0 Å². The molecule has 1 fully saturated rings. The van der Waals surface area contributed by atoms with Gasteiger partial charge < -0.3 is 4.74 Å². The molecule has 0 N–H and O–H groups in total. The maximum atomic E-state index is 4.96. The monoisotopic (exact) mass is 159 g/mol. The number of hydrogen-bond donors (Lipinski definition) is 0. The van der Waals surface area contributed by atoms with Crippen LogP contribution in [0.2, 0.25) is 0 Å². The number of ether oxygens (including phenoxy) is 1. The van der Waals surface area contributed by atoms with Gasteiger partial charge >= 0.3 is 0 Å². The van der Waals surface area contributed by atoms with Gasteiger partial charge in [0.1, 0.15) is 0 Å². The molecule has 1 saturated heterocycles. The van der Waals surface area contributed by atoms with Crippen molar-refractivity contribution >= 4 is 17.7 Å². The van der Waals surface area contributed by atoms with Crippen molar-refractivity contribution in [3.63, 3.8) is 0 Å². The third kappa shape index (κ3) is 2.71. The molecule has 0 aromatic rings. The second kappa shape index (κ2) is 2.93. The second-order valence-corrected chi connectivity index (χ2v) is 4.94. The van der Waals surface area contributed by atoms with Gasteiger partial charge in [-0.1, -0.05) is 0 Å². The van der Waals surface area contributed by atoms with Gasteiger partial charge in [0, 0.05) is 4.75 Å². The van der Waals surface area contributed by atoms with Gasteiger partial charge in [0.2, 0.25) is 0 Å². The zero-order valence-corrected chi connectivity index (χ0v) is 7.49. The topological polar surface area (TPSA) is 21.6 Å². The molecule has 0 aromatic heterocycles. The van der Waals surface area contributed by atoms with Crippen LogP contribution >= 0.6 is 11.9 Å². The molecule has 1 aliphatic heterocycles. The van der Waals surface area contributed by atoms with Crippen LogP contribution in [0.15, 0.2) is 4.40 Å². The van der Waals surface area contributed by atoms with Crippen LogP contribution in [0.1, 0.15) is 20.8 Å². The van der Waals surface area contributed by atoms with Gasteiger partial charge in [-0.2, -0.15) is 0 Å². The maximum absolute atomic E-state index is 4.96. The second-order valence-electron chi connectivity index (χ2n) is 3.35. The van der Waals surface area contributed by atoms with Crippen LogP contribution in [0.3, 0.4) is 0 Å². The van der Waals surface area contributed by atoms with Gasteiger partial charge in [0.05, 0.1) is 18.9 Å². The predicted octanol–water partition coefficient (Wildman–Crippen LogP) is 1.90. The van der Waals surface area contributed by atoms with Gasteiger partial charge in [-0.05, 0) is 32.7 Å². The van der Waals surface area contributed by atoms with Crippen LogP contribution in [0.25, 0.3) is 0 Å². The molecule has 0 saturated carbocycles. The highest BCUT2D eigenvalue weighted by Gasteiger charge is 2.14. The van der Waals surface area contributed by atoms with Crippen molar-refractivity contribution in [3.8, 4) is 0 Å². The van der Waals surface area contributed by atoms with Crippen LogP contribution in [0.5, 0.6) is 0 Å². The molecule has 3 heteroatoms. The summed E-state index contributed by atoms with van der Waals surface area (Å²) in [6, 6.07) is 0. The zero-order chi connectivity index (χ0) is 7.61.